The van der Waals surface area contributed by atoms with Gasteiger partial charge in [0.1, 0.15) is 5.69 Å². The Hall–Kier alpha value is -2.11. The summed E-state index contributed by atoms with van der Waals surface area (Å²) in [7, 11) is 1.32. The van der Waals surface area contributed by atoms with Gasteiger partial charge in [-0.1, -0.05) is 0 Å². The Morgan fingerprint density at radius 2 is 2.50 bits per heavy atom. The van der Waals surface area contributed by atoms with Gasteiger partial charge in [0.05, 0.1) is 7.11 Å². The van der Waals surface area contributed by atoms with Crippen molar-refractivity contribution in [2.24, 2.45) is 0 Å². The molecule has 0 saturated carbocycles. The summed E-state index contributed by atoms with van der Waals surface area (Å²) in [6, 6.07) is 3.54. The maximum atomic E-state index is 11.3. The summed E-state index contributed by atoms with van der Waals surface area (Å²) < 4.78 is 4.60. The summed E-state index contributed by atoms with van der Waals surface area (Å²) in [5, 5.41) is 6.03. The van der Waals surface area contributed by atoms with Crippen molar-refractivity contribution in [3.8, 4) is 0 Å². The fourth-order valence-corrected chi connectivity index (χ4v) is 1.83. The molecule has 0 radical (unpaired) electrons. The summed E-state index contributed by atoms with van der Waals surface area (Å²) in [4.78, 5) is 26.3. The minimum Gasteiger partial charge on any atom is -0.464 e. The molecule has 0 bridgehead atoms. The Morgan fingerprint density at radius 1 is 1.67 bits per heavy atom. The molecule has 1 saturated heterocycles. The summed E-state index contributed by atoms with van der Waals surface area (Å²) in [6.07, 6.45) is 2.96. The van der Waals surface area contributed by atoms with E-state index in [4.69, 9.17) is 0 Å². The van der Waals surface area contributed by atoms with E-state index in [2.05, 4.69) is 20.4 Å². The SMILES string of the molecule is COC(=O)c1cc(NCC2CCC(=O)N2)ccn1. The van der Waals surface area contributed by atoms with Crippen molar-refractivity contribution in [3.63, 3.8) is 0 Å². The summed E-state index contributed by atoms with van der Waals surface area (Å²) in [6.45, 7) is 0.635. The van der Waals surface area contributed by atoms with E-state index in [-0.39, 0.29) is 17.6 Å². The molecule has 1 aliphatic heterocycles. The first-order valence-corrected chi connectivity index (χ1v) is 5.76. The molecule has 1 atom stereocenters. The monoisotopic (exact) mass is 249 g/mol. The van der Waals surface area contributed by atoms with Crippen LogP contribution in [0.4, 0.5) is 5.69 Å². The number of ether oxygens (including phenoxy) is 1. The van der Waals surface area contributed by atoms with E-state index < -0.39 is 5.97 Å². The van der Waals surface area contributed by atoms with E-state index in [1.807, 2.05) is 0 Å². The number of amides is 1. The van der Waals surface area contributed by atoms with Crippen LogP contribution in [0.2, 0.25) is 0 Å². The number of carbonyl (C=O) groups excluding carboxylic acids is 2. The van der Waals surface area contributed by atoms with Gasteiger partial charge in [0.15, 0.2) is 0 Å². The second kappa shape index (κ2) is 5.48. The van der Waals surface area contributed by atoms with Gasteiger partial charge >= 0.3 is 5.97 Å². The molecule has 1 amide bonds. The Balaban J connectivity index is 1.93. The van der Waals surface area contributed by atoms with Gasteiger partial charge < -0.3 is 15.4 Å². The first-order valence-electron chi connectivity index (χ1n) is 5.76. The molecule has 0 aliphatic carbocycles. The number of nitrogens with one attached hydrogen (secondary N) is 2. The first-order chi connectivity index (χ1) is 8.69. The predicted molar refractivity (Wildman–Crippen MR) is 65.2 cm³/mol. The fraction of sp³-hybridized carbons (Fsp3) is 0.417. The van der Waals surface area contributed by atoms with Crippen molar-refractivity contribution in [1.29, 1.82) is 0 Å². The highest BCUT2D eigenvalue weighted by Crippen LogP contribution is 2.11. The lowest BCUT2D eigenvalue weighted by Gasteiger charge is -2.12. The molecule has 6 nitrogen and oxygen atoms in total. The Kier molecular flexibility index (Phi) is 3.76. The lowest BCUT2D eigenvalue weighted by Crippen LogP contribution is -2.31. The van der Waals surface area contributed by atoms with E-state index in [0.29, 0.717) is 13.0 Å². The van der Waals surface area contributed by atoms with E-state index >= 15 is 0 Å². The van der Waals surface area contributed by atoms with Crippen LogP contribution in [0.3, 0.4) is 0 Å². The van der Waals surface area contributed by atoms with Crippen molar-refractivity contribution in [1.82, 2.24) is 10.3 Å². The average molecular weight is 249 g/mol. The smallest absolute Gasteiger partial charge is 0.356 e. The molecular weight excluding hydrogens is 234 g/mol. The number of esters is 1. The van der Waals surface area contributed by atoms with Gasteiger partial charge in [-0.05, 0) is 18.6 Å². The highest BCUT2D eigenvalue weighted by atomic mass is 16.5. The van der Waals surface area contributed by atoms with Crippen LogP contribution >= 0.6 is 0 Å². The first kappa shape index (κ1) is 12.3. The van der Waals surface area contributed by atoms with Crippen LogP contribution in [0.25, 0.3) is 0 Å². The fourth-order valence-electron chi connectivity index (χ4n) is 1.83. The number of carbonyl (C=O) groups is 2. The number of anilines is 1. The highest BCUT2D eigenvalue weighted by Gasteiger charge is 2.20. The van der Waals surface area contributed by atoms with Gasteiger partial charge in [-0.2, -0.15) is 0 Å². The highest BCUT2D eigenvalue weighted by molar-refractivity contribution is 5.88. The van der Waals surface area contributed by atoms with E-state index in [0.717, 1.165) is 12.1 Å². The number of rotatable bonds is 4. The second-order valence-corrected chi connectivity index (χ2v) is 4.11. The third kappa shape index (κ3) is 2.97. The molecule has 2 rings (SSSR count). The third-order valence-corrected chi connectivity index (χ3v) is 2.79. The summed E-state index contributed by atoms with van der Waals surface area (Å²) >= 11 is 0. The van der Waals surface area contributed by atoms with Crippen LogP contribution in [0.1, 0.15) is 23.3 Å². The van der Waals surface area contributed by atoms with Crippen LogP contribution in [0.5, 0.6) is 0 Å². The molecule has 1 unspecified atom stereocenters. The van der Waals surface area contributed by atoms with Crippen molar-refractivity contribution in [2.75, 3.05) is 19.0 Å². The summed E-state index contributed by atoms with van der Waals surface area (Å²) in [5.41, 5.74) is 1.05. The van der Waals surface area contributed by atoms with Crippen LogP contribution in [0, 0.1) is 0 Å². The Bertz CT molecular complexity index is 462. The minimum atomic E-state index is -0.465. The standard InChI is InChI=1S/C12H15N3O3/c1-18-12(17)10-6-8(4-5-13-10)14-7-9-2-3-11(16)15-9/h4-6,9H,2-3,7H2,1H3,(H,13,14)(H,15,16). The van der Waals surface area contributed by atoms with Crippen molar-refractivity contribution in [2.45, 2.75) is 18.9 Å². The quantitative estimate of drug-likeness (QED) is 0.762. The van der Waals surface area contributed by atoms with Crippen LogP contribution in [0.15, 0.2) is 18.3 Å². The molecule has 6 heteroatoms. The predicted octanol–water partition coefficient (Wildman–Crippen LogP) is 0.559. The van der Waals surface area contributed by atoms with Gasteiger partial charge in [0, 0.05) is 30.9 Å². The van der Waals surface area contributed by atoms with Gasteiger partial charge in [0.25, 0.3) is 0 Å². The van der Waals surface area contributed by atoms with Gasteiger partial charge in [-0.25, -0.2) is 9.78 Å². The zero-order valence-corrected chi connectivity index (χ0v) is 10.1. The zero-order chi connectivity index (χ0) is 13.0. The number of hydrogen-bond acceptors (Lipinski definition) is 5. The molecule has 2 heterocycles. The van der Waals surface area contributed by atoms with Gasteiger partial charge in [0.2, 0.25) is 5.91 Å². The third-order valence-electron chi connectivity index (χ3n) is 2.79. The number of nitrogens with zero attached hydrogens (tertiary/aromatic N) is 1. The van der Waals surface area contributed by atoms with Gasteiger partial charge in [-0.3, -0.25) is 4.79 Å². The number of hydrogen-bond donors (Lipinski definition) is 2. The van der Waals surface area contributed by atoms with E-state index in [1.54, 1.807) is 18.3 Å². The molecule has 0 aromatic carbocycles. The van der Waals surface area contributed by atoms with Gasteiger partial charge in [-0.15, -0.1) is 0 Å². The molecule has 1 aliphatic rings. The molecule has 1 fully saturated rings. The molecule has 1 aromatic heterocycles. The average Bonchev–Trinajstić information content (AvgIpc) is 2.81. The maximum absolute atomic E-state index is 11.3. The van der Waals surface area contributed by atoms with Crippen molar-refractivity contribution in [3.05, 3.63) is 24.0 Å². The number of methoxy groups -OCH3 is 1. The number of pyridine rings is 1. The lowest BCUT2D eigenvalue weighted by molar-refractivity contribution is -0.119. The van der Waals surface area contributed by atoms with E-state index in [9.17, 15) is 9.59 Å². The van der Waals surface area contributed by atoms with Crippen LogP contribution in [-0.4, -0.2) is 36.6 Å². The zero-order valence-electron chi connectivity index (χ0n) is 10.1. The maximum Gasteiger partial charge on any atom is 0.356 e. The molecule has 18 heavy (non-hydrogen) atoms. The van der Waals surface area contributed by atoms with E-state index in [1.165, 1.54) is 7.11 Å². The number of aromatic nitrogens is 1. The topological polar surface area (TPSA) is 80.3 Å². The molecule has 96 valence electrons. The van der Waals surface area contributed by atoms with Crippen LogP contribution in [-0.2, 0) is 9.53 Å². The molecule has 0 spiro atoms. The molecular formula is C12H15N3O3. The molecule has 1 aromatic rings. The Morgan fingerprint density at radius 3 is 3.17 bits per heavy atom. The van der Waals surface area contributed by atoms with Crippen molar-refractivity contribution < 1.29 is 14.3 Å². The largest absolute Gasteiger partial charge is 0.464 e. The molecule has 2 N–H and O–H groups in total. The minimum absolute atomic E-state index is 0.0896. The summed E-state index contributed by atoms with van der Waals surface area (Å²) in [5.74, 6) is -0.375. The van der Waals surface area contributed by atoms with Crippen LogP contribution < -0.4 is 10.6 Å². The van der Waals surface area contributed by atoms with Crippen molar-refractivity contribution >= 4 is 17.6 Å². The Labute approximate surface area is 105 Å². The second-order valence-electron chi connectivity index (χ2n) is 4.11. The lowest BCUT2D eigenvalue weighted by atomic mass is 10.2. The normalized spacial score (nSPS) is 18.3.